The van der Waals surface area contributed by atoms with Gasteiger partial charge in [-0.2, -0.15) is 11.3 Å². The van der Waals surface area contributed by atoms with Gasteiger partial charge in [-0.3, -0.25) is 0 Å². The molecule has 0 radical (unpaired) electrons. The zero-order chi connectivity index (χ0) is 12.3. The summed E-state index contributed by atoms with van der Waals surface area (Å²) in [5, 5.41) is 14.0. The van der Waals surface area contributed by atoms with Gasteiger partial charge in [0.2, 0.25) is 0 Å². The minimum absolute atomic E-state index is 0.172. The SMILES string of the molecule is CCC(O)CC1CC(N)CN(c2ccsc2)C1. The van der Waals surface area contributed by atoms with Crippen LogP contribution >= 0.6 is 11.3 Å². The molecular weight excluding hydrogens is 232 g/mol. The molecule has 1 aliphatic rings. The van der Waals surface area contributed by atoms with E-state index in [1.807, 2.05) is 6.92 Å². The van der Waals surface area contributed by atoms with E-state index in [-0.39, 0.29) is 12.1 Å². The first kappa shape index (κ1) is 12.9. The van der Waals surface area contributed by atoms with Crippen LogP contribution in [0.2, 0.25) is 0 Å². The second kappa shape index (κ2) is 5.85. The fourth-order valence-corrected chi connectivity index (χ4v) is 3.28. The van der Waals surface area contributed by atoms with Gasteiger partial charge in [-0.1, -0.05) is 6.92 Å². The van der Waals surface area contributed by atoms with Crippen molar-refractivity contribution in [2.75, 3.05) is 18.0 Å². The lowest BCUT2D eigenvalue weighted by molar-refractivity contribution is 0.131. The third kappa shape index (κ3) is 3.44. The van der Waals surface area contributed by atoms with Crippen LogP contribution in [0.15, 0.2) is 16.8 Å². The molecule has 0 aromatic carbocycles. The van der Waals surface area contributed by atoms with Crippen LogP contribution in [0.3, 0.4) is 0 Å². The molecular formula is C13H22N2OS. The molecule has 2 heterocycles. The Kier molecular flexibility index (Phi) is 4.42. The zero-order valence-corrected chi connectivity index (χ0v) is 11.2. The van der Waals surface area contributed by atoms with Crippen LogP contribution in [0, 0.1) is 5.92 Å². The summed E-state index contributed by atoms with van der Waals surface area (Å²) < 4.78 is 0. The Balaban J connectivity index is 1.96. The molecule has 0 bridgehead atoms. The summed E-state index contributed by atoms with van der Waals surface area (Å²) in [6.45, 7) is 4.00. The van der Waals surface area contributed by atoms with Crippen LogP contribution in [-0.4, -0.2) is 30.3 Å². The standard InChI is InChI=1S/C13H22N2OS/c1-2-13(16)6-10-5-11(14)8-15(7-10)12-3-4-17-9-12/h3-4,9-11,13,16H,2,5-8,14H2,1H3. The summed E-state index contributed by atoms with van der Waals surface area (Å²) >= 11 is 1.72. The van der Waals surface area contributed by atoms with Crippen molar-refractivity contribution in [3.8, 4) is 0 Å². The predicted octanol–water partition coefficient (Wildman–Crippen LogP) is 2.06. The highest BCUT2D eigenvalue weighted by Crippen LogP contribution is 2.27. The summed E-state index contributed by atoms with van der Waals surface area (Å²) in [5.74, 6) is 0.522. The van der Waals surface area contributed by atoms with Crippen molar-refractivity contribution < 1.29 is 5.11 Å². The summed E-state index contributed by atoms with van der Waals surface area (Å²) in [6, 6.07) is 2.38. The minimum atomic E-state index is -0.172. The zero-order valence-electron chi connectivity index (χ0n) is 10.4. The van der Waals surface area contributed by atoms with Crippen LogP contribution < -0.4 is 10.6 Å². The Morgan fingerprint density at radius 2 is 2.41 bits per heavy atom. The molecule has 3 unspecified atom stereocenters. The van der Waals surface area contributed by atoms with E-state index >= 15 is 0 Å². The smallest absolute Gasteiger partial charge is 0.0541 e. The van der Waals surface area contributed by atoms with Crippen LogP contribution in [0.1, 0.15) is 26.2 Å². The number of thiophene rings is 1. The third-order valence-corrected chi connectivity index (χ3v) is 4.19. The third-order valence-electron chi connectivity index (χ3n) is 3.52. The second-order valence-corrected chi connectivity index (χ2v) is 5.83. The fourth-order valence-electron chi connectivity index (χ4n) is 2.62. The van der Waals surface area contributed by atoms with Crippen molar-refractivity contribution in [1.29, 1.82) is 0 Å². The number of hydrogen-bond acceptors (Lipinski definition) is 4. The highest BCUT2D eigenvalue weighted by Gasteiger charge is 2.26. The van der Waals surface area contributed by atoms with Crippen molar-refractivity contribution in [3.63, 3.8) is 0 Å². The highest BCUT2D eigenvalue weighted by atomic mass is 32.1. The molecule has 0 saturated carbocycles. The normalized spacial score (nSPS) is 27.1. The van der Waals surface area contributed by atoms with Crippen molar-refractivity contribution in [2.45, 2.75) is 38.3 Å². The number of nitrogens with zero attached hydrogens (tertiary/aromatic N) is 1. The maximum atomic E-state index is 9.76. The number of hydrogen-bond donors (Lipinski definition) is 2. The topological polar surface area (TPSA) is 49.5 Å². The van der Waals surface area contributed by atoms with E-state index in [0.29, 0.717) is 5.92 Å². The lowest BCUT2D eigenvalue weighted by atomic mass is 9.89. The molecule has 0 amide bonds. The molecule has 96 valence electrons. The van der Waals surface area contributed by atoms with Crippen LogP contribution in [0.25, 0.3) is 0 Å². The van der Waals surface area contributed by atoms with Crippen molar-refractivity contribution in [1.82, 2.24) is 0 Å². The lowest BCUT2D eigenvalue weighted by Crippen LogP contribution is -2.47. The average Bonchev–Trinajstić information content (AvgIpc) is 2.81. The number of nitrogens with two attached hydrogens (primary N) is 1. The van der Waals surface area contributed by atoms with Gasteiger partial charge in [0.05, 0.1) is 6.10 Å². The number of aliphatic hydroxyl groups is 1. The number of rotatable bonds is 4. The molecule has 3 nitrogen and oxygen atoms in total. The quantitative estimate of drug-likeness (QED) is 0.864. The summed E-state index contributed by atoms with van der Waals surface area (Å²) in [4.78, 5) is 2.36. The van der Waals surface area contributed by atoms with Gasteiger partial charge in [-0.15, -0.1) is 0 Å². The van der Waals surface area contributed by atoms with Gasteiger partial charge < -0.3 is 15.7 Å². The molecule has 1 aromatic rings. The molecule has 3 atom stereocenters. The molecule has 1 fully saturated rings. The Labute approximate surface area is 107 Å². The lowest BCUT2D eigenvalue weighted by Gasteiger charge is -2.38. The first-order valence-electron chi connectivity index (χ1n) is 6.39. The molecule has 0 spiro atoms. The number of anilines is 1. The van der Waals surface area contributed by atoms with Gasteiger partial charge in [0, 0.05) is 30.2 Å². The second-order valence-electron chi connectivity index (χ2n) is 5.05. The molecule has 2 rings (SSSR count). The maximum Gasteiger partial charge on any atom is 0.0541 e. The van der Waals surface area contributed by atoms with E-state index < -0.39 is 0 Å². The average molecular weight is 254 g/mol. The first-order valence-corrected chi connectivity index (χ1v) is 7.34. The van der Waals surface area contributed by atoms with Crippen molar-refractivity contribution in [2.24, 2.45) is 11.7 Å². The van der Waals surface area contributed by atoms with Crippen LogP contribution in [0.5, 0.6) is 0 Å². The monoisotopic (exact) mass is 254 g/mol. The van der Waals surface area contributed by atoms with Gasteiger partial charge in [0.15, 0.2) is 0 Å². The van der Waals surface area contributed by atoms with E-state index in [1.54, 1.807) is 11.3 Å². The Morgan fingerprint density at radius 1 is 1.59 bits per heavy atom. The largest absolute Gasteiger partial charge is 0.393 e. The van der Waals surface area contributed by atoms with E-state index in [4.69, 9.17) is 5.73 Å². The Bertz CT molecular complexity index is 328. The van der Waals surface area contributed by atoms with Crippen LogP contribution in [-0.2, 0) is 0 Å². The van der Waals surface area contributed by atoms with Crippen LogP contribution in [0.4, 0.5) is 5.69 Å². The molecule has 1 aromatic heterocycles. The van der Waals surface area contributed by atoms with Gasteiger partial charge in [0.25, 0.3) is 0 Å². The van der Waals surface area contributed by atoms with Gasteiger partial charge in [-0.25, -0.2) is 0 Å². The number of piperidine rings is 1. The van der Waals surface area contributed by atoms with Crippen molar-refractivity contribution >= 4 is 17.0 Å². The van der Waals surface area contributed by atoms with E-state index in [1.165, 1.54) is 5.69 Å². The minimum Gasteiger partial charge on any atom is -0.393 e. The molecule has 0 aliphatic carbocycles. The van der Waals surface area contributed by atoms with E-state index in [0.717, 1.165) is 32.4 Å². The summed E-state index contributed by atoms with van der Waals surface area (Å²) in [6.07, 6.45) is 2.59. The molecule has 1 saturated heterocycles. The maximum absolute atomic E-state index is 9.76. The molecule has 1 aliphatic heterocycles. The van der Waals surface area contributed by atoms with Crippen molar-refractivity contribution in [3.05, 3.63) is 16.8 Å². The fraction of sp³-hybridized carbons (Fsp3) is 0.692. The summed E-state index contributed by atoms with van der Waals surface area (Å²) in [7, 11) is 0. The predicted molar refractivity (Wildman–Crippen MR) is 73.5 cm³/mol. The van der Waals surface area contributed by atoms with Gasteiger partial charge in [0.1, 0.15) is 0 Å². The van der Waals surface area contributed by atoms with Gasteiger partial charge >= 0.3 is 0 Å². The number of aliphatic hydroxyl groups excluding tert-OH is 1. The van der Waals surface area contributed by atoms with E-state index in [2.05, 4.69) is 21.7 Å². The molecule has 4 heteroatoms. The molecule has 3 N–H and O–H groups in total. The van der Waals surface area contributed by atoms with Gasteiger partial charge in [-0.05, 0) is 36.6 Å². The highest BCUT2D eigenvalue weighted by molar-refractivity contribution is 7.08. The summed E-state index contributed by atoms with van der Waals surface area (Å²) in [5.41, 5.74) is 7.40. The van der Waals surface area contributed by atoms with E-state index in [9.17, 15) is 5.11 Å². The Hall–Kier alpha value is -0.580. The first-order chi connectivity index (χ1) is 8.19. The Morgan fingerprint density at radius 3 is 3.06 bits per heavy atom. The molecule has 17 heavy (non-hydrogen) atoms.